The smallest absolute Gasteiger partial charge is 0.330 e. The van der Waals surface area contributed by atoms with E-state index in [4.69, 9.17) is 10.4 Å². The van der Waals surface area contributed by atoms with Gasteiger partial charge in [-0.1, -0.05) is 69.8 Å². The van der Waals surface area contributed by atoms with Gasteiger partial charge in [0.15, 0.2) is 0 Å². The fourth-order valence-electron chi connectivity index (χ4n) is 1.75. The van der Waals surface area contributed by atoms with E-state index in [2.05, 4.69) is 6.58 Å². The summed E-state index contributed by atoms with van der Waals surface area (Å²) in [6, 6.07) is 12.0. The molecule has 0 atom stereocenters. The molecule has 0 fully saturated rings. The van der Waals surface area contributed by atoms with Crippen LogP contribution in [-0.2, 0) is 4.79 Å². The Kier molecular flexibility index (Phi) is 9.03. The van der Waals surface area contributed by atoms with Gasteiger partial charge in [-0.15, -0.1) is 0 Å². The number of nitriles is 1. The summed E-state index contributed by atoms with van der Waals surface area (Å²) >= 11 is 0. The molecule has 23 heavy (non-hydrogen) atoms. The van der Waals surface area contributed by atoms with Crippen LogP contribution in [0.5, 0.6) is 0 Å². The molecular weight excluding hydrogens is 286 g/mol. The van der Waals surface area contributed by atoms with E-state index in [9.17, 15) is 4.79 Å². The fourth-order valence-corrected chi connectivity index (χ4v) is 1.75. The van der Waals surface area contributed by atoms with E-state index in [0.29, 0.717) is 6.42 Å². The maximum absolute atomic E-state index is 10.3. The van der Waals surface area contributed by atoms with Crippen molar-refractivity contribution in [3.05, 3.63) is 66.3 Å². The normalized spacial score (nSPS) is 11.3. The van der Waals surface area contributed by atoms with Crippen molar-refractivity contribution in [2.45, 2.75) is 34.1 Å². The number of benzene rings is 1. The first-order valence-electron chi connectivity index (χ1n) is 7.37. The molecule has 1 N–H and O–H groups in total. The van der Waals surface area contributed by atoms with Gasteiger partial charge in [0, 0.05) is 11.6 Å². The van der Waals surface area contributed by atoms with Crippen LogP contribution in [0.4, 0.5) is 0 Å². The number of hydrogen-bond donors (Lipinski definition) is 1. The summed E-state index contributed by atoms with van der Waals surface area (Å²) in [5.74, 6) is -0.894. The molecule has 122 valence electrons. The van der Waals surface area contributed by atoms with Crippen LogP contribution < -0.4 is 0 Å². The predicted octanol–water partition coefficient (Wildman–Crippen LogP) is 5.23. The van der Waals surface area contributed by atoms with Crippen LogP contribution >= 0.6 is 0 Å². The Morgan fingerprint density at radius 3 is 2.26 bits per heavy atom. The first-order chi connectivity index (χ1) is 10.7. The SMILES string of the molecule is C=C(CC(C)(C)C)C(=O)O.CC(=CC=CC#N)c1ccccc1. The molecule has 3 nitrogen and oxygen atoms in total. The minimum Gasteiger partial charge on any atom is -0.478 e. The predicted molar refractivity (Wildman–Crippen MR) is 95.7 cm³/mol. The molecule has 0 aliphatic carbocycles. The summed E-state index contributed by atoms with van der Waals surface area (Å²) in [7, 11) is 0. The summed E-state index contributed by atoms with van der Waals surface area (Å²) in [5, 5.41) is 16.7. The van der Waals surface area contributed by atoms with Crippen molar-refractivity contribution in [2.75, 3.05) is 0 Å². The van der Waals surface area contributed by atoms with E-state index in [1.54, 1.807) is 6.08 Å². The lowest BCUT2D eigenvalue weighted by molar-refractivity contribution is -0.133. The molecule has 0 aliphatic rings. The van der Waals surface area contributed by atoms with Crippen LogP contribution in [0.25, 0.3) is 5.57 Å². The van der Waals surface area contributed by atoms with Crippen LogP contribution in [0, 0.1) is 16.7 Å². The van der Waals surface area contributed by atoms with E-state index in [-0.39, 0.29) is 11.0 Å². The van der Waals surface area contributed by atoms with Gasteiger partial charge in [0.25, 0.3) is 0 Å². The van der Waals surface area contributed by atoms with Crippen molar-refractivity contribution in [2.24, 2.45) is 5.41 Å². The molecule has 0 bridgehead atoms. The highest BCUT2D eigenvalue weighted by Gasteiger charge is 2.15. The number of carboxylic acids is 1. The van der Waals surface area contributed by atoms with Gasteiger partial charge >= 0.3 is 5.97 Å². The van der Waals surface area contributed by atoms with E-state index >= 15 is 0 Å². The molecular formula is C20H25NO2. The van der Waals surface area contributed by atoms with Crippen molar-refractivity contribution >= 4 is 11.5 Å². The average molecular weight is 311 g/mol. The van der Waals surface area contributed by atoms with Gasteiger partial charge in [-0.3, -0.25) is 0 Å². The summed E-state index contributed by atoms with van der Waals surface area (Å²) in [6.07, 6.45) is 5.69. The lowest BCUT2D eigenvalue weighted by atomic mass is 9.88. The van der Waals surface area contributed by atoms with E-state index in [1.165, 1.54) is 11.6 Å². The Hall–Kier alpha value is -2.60. The Bertz CT molecular complexity index is 611. The van der Waals surface area contributed by atoms with Gasteiger partial charge in [-0.05, 0) is 29.9 Å². The van der Waals surface area contributed by atoms with Gasteiger partial charge < -0.3 is 5.11 Å². The minimum absolute atomic E-state index is 0.0233. The molecule has 0 saturated heterocycles. The van der Waals surface area contributed by atoms with Crippen molar-refractivity contribution in [1.29, 1.82) is 5.26 Å². The summed E-state index contributed by atoms with van der Waals surface area (Å²) in [5.41, 5.74) is 2.65. The van der Waals surface area contributed by atoms with Crippen LogP contribution in [0.1, 0.15) is 39.7 Å². The van der Waals surface area contributed by atoms with Crippen molar-refractivity contribution < 1.29 is 9.90 Å². The zero-order valence-electron chi connectivity index (χ0n) is 14.3. The van der Waals surface area contributed by atoms with Crippen LogP contribution in [-0.4, -0.2) is 11.1 Å². The molecule has 0 amide bonds. The molecule has 1 rings (SSSR count). The number of allylic oxidation sites excluding steroid dienone is 4. The van der Waals surface area contributed by atoms with Crippen molar-refractivity contribution in [3.8, 4) is 6.07 Å². The van der Waals surface area contributed by atoms with Gasteiger partial charge in [-0.25, -0.2) is 4.79 Å². The molecule has 0 unspecified atom stereocenters. The molecule has 0 spiro atoms. The number of hydrogen-bond acceptors (Lipinski definition) is 2. The molecule has 0 radical (unpaired) electrons. The molecule has 0 heterocycles. The van der Waals surface area contributed by atoms with Gasteiger partial charge in [0.2, 0.25) is 0 Å². The summed E-state index contributed by atoms with van der Waals surface area (Å²) in [4.78, 5) is 10.3. The zero-order chi connectivity index (χ0) is 17.9. The first kappa shape index (κ1) is 20.4. The van der Waals surface area contributed by atoms with E-state index in [0.717, 1.165) is 5.57 Å². The average Bonchev–Trinajstić information content (AvgIpc) is 2.47. The second kappa shape index (κ2) is 10.2. The Morgan fingerprint density at radius 2 is 1.87 bits per heavy atom. The maximum atomic E-state index is 10.3. The molecule has 0 aliphatic heterocycles. The van der Waals surface area contributed by atoms with Gasteiger partial charge in [0.1, 0.15) is 0 Å². The number of rotatable bonds is 4. The number of nitrogens with zero attached hydrogens (tertiary/aromatic N) is 1. The Balaban J connectivity index is 0.000000438. The quantitative estimate of drug-likeness (QED) is 0.470. The highest BCUT2D eigenvalue weighted by molar-refractivity contribution is 5.85. The standard InChI is InChI=1S/C12H11N.C8H14O2/c1-11(7-5-6-10-13)12-8-3-2-4-9-12;1-6(7(9)10)5-8(2,3)4/h2-9H,1H3;1,5H2,2-4H3,(H,9,10). The zero-order valence-corrected chi connectivity index (χ0v) is 14.3. The maximum Gasteiger partial charge on any atom is 0.330 e. The highest BCUT2D eigenvalue weighted by atomic mass is 16.4. The van der Waals surface area contributed by atoms with Gasteiger partial charge in [0.05, 0.1) is 6.07 Å². The molecule has 1 aromatic rings. The third kappa shape index (κ3) is 10.7. The summed E-state index contributed by atoms with van der Waals surface area (Å²) < 4.78 is 0. The summed E-state index contributed by atoms with van der Waals surface area (Å²) in [6.45, 7) is 11.4. The third-order valence-electron chi connectivity index (χ3n) is 2.79. The van der Waals surface area contributed by atoms with Crippen molar-refractivity contribution in [3.63, 3.8) is 0 Å². The second-order valence-corrected chi connectivity index (χ2v) is 6.35. The molecule has 3 heteroatoms. The van der Waals surface area contributed by atoms with Crippen LogP contribution in [0.3, 0.4) is 0 Å². The van der Waals surface area contributed by atoms with E-state index in [1.807, 2.05) is 70.2 Å². The van der Waals surface area contributed by atoms with E-state index < -0.39 is 5.97 Å². The Morgan fingerprint density at radius 1 is 1.30 bits per heavy atom. The second-order valence-electron chi connectivity index (χ2n) is 6.35. The lowest BCUT2D eigenvalue weighted by Gasteiger charge is -2.17. The minimum atomic E-state index is -0.894. The third-order valence-corrected chi connectivity index (χ3v) is 2.79. The highest BCUT2D eigenvalue weighted by Crippen LogP contribution is 2.22. The monoisotopic (exact) mass is 311 g/mol. The fraction of sp³-hybridized carbons (Fsp3) is 0.300. The Labute approximate surface area is 139 Å². The van der Waals surface area contributed by atoms with Crippen LogP contribution in [0.15, 0.2) is 60.7 Å². The van der Waals surface area contributed by atoms with Gasteiger partial charge in [-0.2, -0.15) is 5.26 Å². The molecule has 1 aromatic carbocycles. The number of carbonyl (C=O) groups is 1. The first-order valence-corrected chi connectivity index (χ1v) is 7.37. The molecule has 0 saturated carbocycles. The largest absolute Gasteiger partial charge is 0.478 e. The number of aliphatic carboxylic acids is 1. The molecule has 0 aromatic heterocycles. The topological polar surface area (TPSA) is 61.1 Å². The van der Waals surface area contributed by atoms with Crippen LogP contribution in [0.2, 0.25) is 0 Å². The number of carboxylic acid groups (broad SMARTS) is 1. The van der Waals surface area contributed by atoms with Crippen molar-refractivity contribution in [1.82, 2.24) is 0 Å². The lowest BCUT2D eigenvalue weighted by Crippen LogP contribution is -2.10.